The molecule has 7 nitrogen and oxygen atoms in total. The molecule has 27 heavy (non-hydrogen) atoms. The molecule has 7 heteroatoms. The van der Waals surface area contributed by atoms with Gasteiger partial charge in [0.2, 0.25) is 11.9 Å². The zero-order chi connectivity index (χ0) is 19.4. The van der Waals surface area contributed by atoms with Crippen LogP contribution in [-0.4, -0.2) is 64.3 Å². The van der Waals surface area contributed by atoms with Gasteiger partial charge in [-0.1, -0.05) is 12.1 Å². The summed E-state index contributed by atoms with van der Waals surface area (Å²) in [5.41, 5.74) is 2.53. The van der Waals surface area contributed by atoms with Crippen molar-refractivity contribution in [1.29, 1.82) is 0 Å². The third kappa shape index (κ3) is 4.24. The lowest BCUT2D eigenvalue weighted by molar-refractivity contribution is -0.130. The van der Waals surface area contributed by atoms with Crippen molar-refractivity contribution in [2.24, 2.45) is 0 Å². The smallest absolute Gasteiger partial charge is 0.272 e. The first-order valence-corrected chi connectivity index (χ1v) is 9.21. The van der Waals surface area contributed by atoms with Gasteiger partial charge < -0.3 is 14.7 Å². The molecule has 1 saturated heterocycles. The molecular formula is C20H25N5O2. The van der Waals surface area contributed by atoms with Crippen molar-refractivity contribution in [2.75, 3.05) is 37.6 Å². The number of aromatic nitrogens is 2. The van der Waals surface area contributed by atoms with Gasteiger partial charge in [0, 0.05) is 51.5 Å². The molecule has 2 amide bonds. The first-order valence-electron chi connectivity index (χ1n) is 9.21. The minimum atomic E-state index is -0.123. The third-order valence-corrected chi connectivity index (χ3v) is 4.75. The summed E-state index contributed by atoms with van der Waals surface area (Å²) >= 11 is 0. The second kappa shape index (κ2) is 8.16. The summed E-state index contributed by atoms with van der Waals surface area (Å²) < 4.78 is 0. The third-order valence-electron chi connectivity index (χ3n) is 4.75. The zero-order valence-corrected chi connectivity index (χ0v) is 16.1. The van der Waals surface area contributed by atoms with Crippen molar-refractivity contribution >= 4 is 23.5 Å². The number of amides is 2. The van der Waals surface area contributed by atoms with Gasteiger partial charge in [-0.3, -0.25) is 9.59 Å². The van der Waals surface area contributed by atoms with Crippen LogP contribution in [0.25, 0.3) is 0 Å². The van der Waals surface area contributed by atoms with Crippen LogP contribution in [0.5, 0.6) is 0 Å². The maximum Gasteiger partial charge on any atom is 0.272 e. The van der Waals surface area contributed by atoms with E-state index in [-0.39, 0.29) is 11.8 Å². The Morgan fingerprint density at radius 1 is 1.11 bits per heavy atom. The molecule has 1 aliphatic heterocycles. The van der Waals surface area contributed by atoms with E-state index in [4.69, 9.17) is 0 Å². The highest BCUT2D eigenvalue weighted by Gasteiger charge is 2.24. The van der Waals surface area contributed by atoms with Crippen LogP contribution < -0.4 is 4.90 Å². The molecule has 0 radical (unpaired) electrons. The monoisotopic (exact) mass is 367 g/mol. The summed E-state index contributed by atoms with van der Waals surface area (Å²) in [6.45, 7) is 8.48. The average molecular weight is 367 g/mol. The van der Waals surface area contributed by atoms with Crippen LogP contribution in [0.4, 0.5) is 11.6 Å². The second-order valence-electron chi connectivity index (χ2n) is 6.62. The molecule has 2 aromatic rings. The zero-order valence-electron chi connectivity index (χ0n) is 16.1. The van der Waals surface area contributed by atoms with Crippen LogP contribution in [0.3, 0.4) is 0 Å². The number of hydrogen-bond acceptors (Lipinski definition) is 5. The molecule has 0 bridgehead atoms. The SMILES string of the molecule is CCN(c1cccc(C)c1)c1nccc(C(=O)N2CCN(C(C)=O)CC2)n1. The topological polar surface area (TPSA) is 69.6 Å². The molecule has 0 N–H and O–H groups in total. The maximum atomic E-state index is 12.8. The van der Waals surface area contributed by atoms with Crippen LogP contribution in [0.2, 0.25) is 0 Å². The van der Waals surface area contributed by atoms with E-state index in [1.807, 2.05) is 36.9 Å². The van der Waals surface area contributed by atoms with Crippen LogP contribution >= 0.6 is 0 Å². The number of benzene rings is 1. The molecule has 1 fully saturated rings. The highest BCUT2D eigenvalue weighted by molar-refractivity contribution is 5.92. The predicted octanol–water partition coefficient (Wildman–Crippen LogP) is 2.25. The van der Waals surface area contributed by atoms with E-state index in [2.05, 4.69) is 16.0 Å². The lowest BCUT2D eigenvalue weighted by Gasteiger charge is -2.34. The largest absolute Gasteiger partial charge is 0.339 e. The lowest BCUT2D eigenvalue weighted by Crippen LogP contribution is -2.50. The molecule has 142 valence electrons. The summed E-state index contributed by atoms with van der Waals surface area (Å²) in [6, 6.07) is 9.76. The minimum absolute atomic E-state index is 0.0446. The van der Waals surface area contributed by atoms with Crippen LogP contribution in [0, 0.1) is 6.92 Å². The van der Waals surface area contributed by atoms with E-state index in [9.17, 15) is 9.59 Å². The summed E-state index contributed by atoms with van der Waals surface area (Å²) in [5, 5.41) is 0. The first kappa shape index (κ1) is 18.8. The van der Waals surface area contributed by atoms with Crippen molar-refractivity contribution < 1.29 is 9.59 Å². The molecule has 1 aromatic heterocycles. The van der Waals surface area contributed by atoms with Gasteiger partial charge in [-0.2, -0.15) is 0 Å². The highest BCUT2D eigenvalue weighted by Crippen LogP contribution is 2.23. The molecule has 1 aromatic carbocycles. The molecule has 0 atom stereocenters. The van der Waals surface area contributed by atoms with Gasteiger partial charge in [0.25, 0.3) is 5.91 Å². The van der Waals surface area contributed by atoms with Crippen molar-refractivity contribution in [3.63, 3.8) is 0 Å². The number of aryl methyl sites for hydroxylation is 1. The predicted molar refractivity (Wildman–Crippen MR) is 104 cm³/mol. The molecule has 0 unspecified atom stereocenters. The van der Waals surface area contributed by atoms with E-state index in [0.29, 0.717) is 44.4 Å². The molecule has 0 saturated carbocycles. The lowest BCUT2D eigenvalue weighted by atomic mass is 10.2. The number of hydrogen-bond donors (Lipinski definition) is 0. The number of carbonyl (C=O) groups excluding carboxylic acids is 2. The summed E-state index contributed by atoms with van der Waals surface area (Å²) in [4.78, 5) is 38.7. The quantitative estimate of drug-likeness (QED) is 0.829. The Bertz CT molecular complexity index is 831. The number of nitrogens with zero attached hydrogens (tertiary/aromatic N) is 5. The normalized spacial score (nSPS) is 14.2. The molecule has 0 aliphatic carbocycles. The van der Waals surface area contributed by atoms with Crippen LogP contribution in [0.15, 0.2) is 36.5 Å². The molecule has 1 aliphatic rings. The van der Waals surface area contributed by atoms with E-state index >= 15 is 0 Å². The van der Waals surface area contributed by atoms with Crippen molar-refractivity contribution in [2.45, 2.75) is 20.8 Å². The van der Waals surface area contributed by atoms with Gasteiger partial charge in [0.1, 0.15) is 5.69 Å². The Morgan fingerprint density at radius 2 is 1.81 bits per heavy atom. The van der Waals surface area contributed by atoms with Gasteiger partial charge in [-0.25, -0.2) is 9.97 Å². The van der Waals surface area contributed by atoms with Gasteiger partial charge >= 0.3 is 0 Å². The molecule has 0 spiro atoms. The Hall–Kier alpha value is -2.96. The fourth-order valence-corrected chi connectivity index (χ4v) is 3.22. The van der Waals surface area contributed by atoms with Gasteiger partial charge in [-0.15, -0.1) is 0 Å². The number of carbonyl (C=O) groups is 2. The molecule has 3 rings (SSSR count). The maximum absolute atomic E-state index is 12.8. The van der Waals surface area contributed by atoms with Crippen LogP contribution in [-0.2, 0) is 4.79 Å². The second-order valence-corrected chi connectivity index (χ2v) is 6.62. The average Bonchev–Trinajstić information content (AvgIpc) is 2.68. The van der Waals surface area contributed by atoms with Gasteiger partial charge in [0.15, 0.2) is 0 Å². The summed E-state index contributed by atoms with van der Waals surface area (Å²) in [5.74, 6) is 0.432. The van der Waals surface area contributed by atoms with Crippen LogP contribution in [0.1, 0.15) is 29.9 Å². The Balaban J connectivity index is 1.78. The van der Waals surface area contributed by atoms with Crippen molar-refractivity contribution in [3.8, 4) is 0 Å². The number of piperazine rings is 1. The molecular weight excluding hydrogens is 342 g/mol. The van der Waals surface area contributed by atoms with E-state index in [0.717, 1.165) is 11.3 Å². The Morgan fingerprint density at radius 3 is 2.44 bits per heavy atom. The highest BCUT2D eigenvalue weighted by atomic mass is 16.2. The summed E-state index contributed by atoms with van der Waals surface area (Å²) in [7, 11) is 0. The van der Waals surface area contributed by atoms with Gasteiger partial charge in [-0.05, 0) is 37.6 Å². The van der Waals surface area contributed by atoms with Crippen molar-refractivity contribution in [1.82, 2.24) is 19.8 Å². The van der Waals surface area contributed by atoms with E-state index in [1.54, 1.807) is 29.0 Å². The number of rotatable bonds is 4. The minimum Gasteiger partial charge on any atom is -0.339 e. The van der Waals surface area contributed by atoms with E-state index < -0.39 is 0 Å². The Kier molecular flexibility index (Phi) is 5.69. The number of anilines is 2. The van der Waals surface area contributed by atoms with Gasteiger partial charge in [0.05, 0.1) is 0 Å². The summed E-state index contributed by atoms with van der Waals surface area (Å²) in [6.07, 6.45) is 1.62. The first-order chi connectivity index (χ1) is 13.0. The Labute approximate surface area is 159 Å². The van der Waals surface area contributed by atoms with E-state index in [1.165, 1.54) is 0 Å². The molecule has 2 heterocycles. The fraction of sp³-hybridized carbons (Fsp3) is 0.400. The standard InChI is InChI=1S/C20H25N5O2/c1-4-25(17-7-5-6-15(2)14-17)20-21-9-8-18(22-20)19(27)24-12-10-23(11-13-24)16(3)26/h5-9,14H,4,10-13H2,1-3H3. The van der Waals surface area contributed by atoms with Crippen molar-refractivity contribution in [3.05, 3.63) is 47.8 Å². The fourth-order valence-electron chi connectivity index (χ4n) is 3.22.